The first-order chi connectivity index (χ1) is 6.86. The molecule has 0 atom stereocenters. The summed E-state index contributed by atoms with van der Waals surface area (Å²) in [4.78, 5) is 2.70. The first-order valence-corrected chi connectivity index (χ1v) is 4.64. The van der Waals surface area contributed by atoms with Gasteiger partial charge in [0.2, 0.25) is 0 Å². The molecule has 0 aromatic heterocycles. The molecule has 0 bridgehead atoms. The summed E-state index contributed by atoms with van der Waals surface area (Å²) >= 11 is 0. The highest BCUT2D eigenvalue weighted by Crippen LogP contribution is 2.18. The quantitative estimate of drug-likeness (QED) is 0.302. The van der Waals surface area contributed by atoms with Crippen molar-refractivity contribution in [3.63, 3.8) is 0 Å². The third kappa shape index (κ3) is 3.37. The maximum Gasteiger partial charge on any atom is 0.119 e. The zero-order valence-electron chi connectivity index (χ0n) is 8.18. The van der Waals surface area contributed by atoms with Crippen LogP contribution in [0.4, 0.5) is 5.69 Å². The van der Waals surface area contributed by atoms with Gasteiger partial charge in [-0.1, -0.05) is 18.5 Å². The average Bonchev–Trinajstić information content (AvgIpc) is 2.21. The molecule has 0 aliphatic carbocycles. The predicted octanol–water partition coefficient (Wildman–Crippen LogP) is 3.81. The van der Waals surface area contributed by atoms with Crippen LogP contribution in [-0.4, -0.2) is 6.61 Å². The van der Waals surface area contributed by atoms with E-state index in [1.165, 1.54) is 0 Å². The molecule has 0 radical (unpaired) electrons. The fraction of sp³-hybridized carbons (Fsp3) is 0.400. The molecule has 0 aliphatic rings. The Morgan fingerprint density at radius 3 is 2.64 bits per heavy atom. The molecule has 1 aromatic carbocycles. The van der Waals surface area contributed by atoms with E-state index < -0.39 is 0 Å². The molecule has 74 valence electrons. The second-order valence-corrected chi connectivity index (χ2v) is 2.89. The molecule has 4 nitrogen and oxygen atoms in total. The smallest absolute Gasteiger partial charge is 0.119 e. The lowest BCUT2D eigenvalue weighted by atomic mass is 10.3. The second kappa shape index (κ2) is 5.89. The van der Waals surface area contributed by atoms with Gasteiger partial charge < -0.3 is 4.74 Å². The molecule has 0 fully saturated rings. The monoisotopic (exact) mass is 191 g/mol. The first kappa shape index (κ1) is 10.4. The molecule has 4 heteroatoms. The van der Waals surface area contributed by atoms with Gasteiger partial charge in [0.15, 0.2) is 0 Å². The fourth-order valence-corrected chi connectivity index (χ4v) is 0.995. The highest BCUT2D eigenvalue weighted by atomic mass is 16.5. The van der Waals surface area contributed by atoms with Crippen LogP contribution in [0.3, 0.4) is 0 Å². The zero-order chi connectivity index (χ0) is 10.2. The third-order valence-electron chi connectivity index (χ3n) is 1.76. The van der Waals surface area contributed by atoms with E-state index in [2.05, 4.69) is 16.9 Å². The van der Waals surface area contributed by atoms with Gasteiger partial charge in [0.1, 0.15) is 5.75 Å². The Bertz CT molecular complexity index is 315. The lowest BCUT2D eigenvalue weighted by Gasteiger charge is -2.04. The van der Waals surface area contributed by atoms with Crippen LogP contribution in [0.25, 0.3) is 10.4 Å². The van der Waals surface area contributed by atoms with Crippen LogP contribution in [0.2, 0.25) is 0 Å². The van der Waals surface area contributed by atoms with Gasteiger partial charge >= 0.3 is 0 Å². The van der Waals surface area contributed by atoms with Crippen LogP contribution in [0.15, 0.2) is 29.4 Å². The molecule has 1 aromatic rings. The van der Waals surface area contributed by atoms with Crippen LogP contribution in [0.5, 0.6) is 5.75 Å². The van der Waals surface area contributed by atoms with E-state index >= 15 is 0 Å². The standard InChI is InChI=1S/C10H13N3O/c1-2-3-8-14-10-6-4-9(5-7-10)12-13-11/h4-7H,2-3,8H2,1H3. The number of benzene rings is 1. The van der Waals surface area contributed by atoms with Crippen LogP contribution < -0.4 is 4.74 Å². The molecular weight excluding hydrogens is 178 g/mol. The zero-order valence-corrected chi connectivity index (χ0v) is 8.18. The predicted molar refractivity (Wildman–Crippen MR) is 55.7 cm³/mol. The van der Waals surface area contributed by atoms with Crippen molar-refractivity contribution in [1.82, 2.24) is 0 Å². The lowest BCUT2D eigenvalue weighted by Crippen LogP contribution is -1.95. The first-order valence-electron chi connectivity index (χ1n) is 4.64. The van der Waals surface area contributed by atoms with Crippen LogP contribution in [0.1, 0.15) is 19.8 Å². The largest absolute Gasteiger partial charge is 0.494 e. The van der Waals surface area contributed by atoms with Crippen molar-refractivity contribution in [2.24, 2.45) is 5.11 Å². The highest BCUT2D eigenvalue weighted by molar-refractivity contribution is 5.40. The van der Waals surface area contributed by atoms with Crippen molar-refractivity contribution in [2.45, 2.75) is 19.8 Å². The van der Waals surface area contributed by atoms with Crippen molar-refractivity contribution in [3.05, 3.63) is 34.7 Å². The Kier molecular flexibility index (Phi) is 4.38. The summed E-state index contributed by atoms with van der Waals surface area (Å²) < 4.78 is 5.44. The Morgan fingerprint density at radius 1 is 1.36 bits per heavy atom. The molecule has 0 N–H and O–H groups in total. The van der Waals surface area contributed by atoms with Crippen molar-refractivity contribution >= 4 is 5.69 Å². The number of azide groups is 1. The van der Waals surface area contributed by atoms with Crippen LogP contribution in [0, 0.1) is 0 Å². The Morgan fingerprint density at radius 2 is 2.07 bits per heavy atom. The topological polar surface area (TPSA) is 58.0 Å². The third-order valence-corrected chi connectivity index (χ3v) is 1.76. The van der Waals surface area contributed by atoms with Gasteiger partial charge in [0.25, 0.3) is 0 Å². The summed E-state index contributed by atoms with van der Waals surface area (Å²) in [5.41, 5.74) is 8.80. The van der Waals surface area contributed by atoms with Crippen molar-refractivity contribution in [1.29, 1.82) is 0 Å². The molecule has 0 amide bonds. The average molecular weight is 191 g/mol. The molecular formula is C10H13N3O. The van der Waals surface area contributed by atoms with Gasteiger partial charge in [0.05, 0.1) is 6.61 Å². The summed E-state index contributed by atoms with van der Waals surface area (Å²) in [6.45, 7) is 2.85. The number of rotatable bonds is 5. The van der Waals surface area contributed by atoms with Gasteiger partial charge in [-0.25, -0.2) is 0 Å². The minimum absolute atomic E-state index is 0.607. The minimum Gasteiger partial charge on any atom is -0.494 e. The van der Waals surface area contributed by atoms with Gasteiger partial charge in [0, 0.05) is 10.6 Å². The molecule has 0 heterocycles. The summed E-state index contributed by atoms with van der Waals surface area (Å²) in [5, 5.41) is 3.47. The maximum atomic E-state index is 8.19. The minimum atomic E-state index is 0.607. The van der Waals surface area contributed by atoms with Crippen LogP contribution in [-0.2, 0) is 0 Å². The van der Waals surface area contributed by atoms with Gasteiger partial charge in [-0.2, -0.15) is 0 Å². The fourth-order valence-electron chi connectivity index (χ4n) is 0.995. The Hall–Kier alpha value is -1.67. The van der Waals surface area contributed by atoms with E-state index in [9.17, 15) is 0 Å². The molecule has 1 rings (SSSR count). The number of hydrogen-bond donors (Lipinski definition) is 0. The molecule has 0 saturated carbocycles. The Balaban J connectivity index is 2.50. The highest BCUT2D eigenvalue weighted by Gasteiger charge is 1.92. The molecule has 14 heavy (non-hydrogen) atoms. The van der Waals surface area contributed by atoms with E-state index in [0.717, 1.165) is 25.2 Å². The summed E-state index contributed by atoms with van der Waals surface area (Å²) in [6.07, 6.45) is 2.18. The van der Waals surface area contributed by atoms with Crippen molar-refractivity contribution in [3.8, 4) is 5.75 Å². The van der Waals surface area contributed by atoms with E-state index in [0.29, 0.717) is 5.69 Å². The summed E-state index contributed by atoms with van der Waals surface area (Å²) in [7, 11) is 0. The summed E-state index contributed by atoms with van der Waals surface area (Å²) in [6, 6.07) is 7.08. The second-order valence-electron chi connectivity index (χ2n) is 2.89. The van der Waals surface area contributed by atoms with E-state index in [1.807, 2.05) is 0 Å². The van der Waals surface area contributed by atoms with E-state index in [1.54, 1.807) is 24.3 Å². The van der Waals surface area contributed by atoms with Crippen LogP contribution >= 0.6 is 0 Å². The normalized spacial score (nSPS) is 9.21. The SMILES string of the molecule is CCCCOc1ccc(N=[N+]=[N-])cc1. The van der Waals surface area contributed by atoms with Crippen molar-refractivity contribution < 1.29 is 4.74 Å². The maximum absolute atomic E-state index is 8.19. The molecule has 0 unspecified atom stereocenters. The molecule has 0 saturated heterocycles. The number of hydrogen-bond acceptors (Lipinski definition) is 2. The van der Waals surface area contributed by atoms with Gasteiger partial charge in [-0.3, -0.25) is 0 Å². The molecule has 0 spiro atoms. The Labute approximate surface area is 83.1 Å². The molecule has 0 aliphatic heterocycles. The number of nitrogens with zero attached hydrogens (tertiary/aromatic N) is 3. The van der Waals surface area contributed by atoms with Gasteiger partial charge in [-0.05, 0) is 36.2 Å². The number of ether oxygens (including phenoxy) is 1. The van der Waals surface area contributed by atoms with Gasteiger partial charge in [-0.15, -0.1) is 0 Å². The lowest BCUT2D eigenvalue weighted by molar-refractivity contribution is 0.309. The van der Waals surface area contributed by atoms with E-state index in [-0.39, 0.29) is 0 Å². The number of unbranched alkanes of at least 4 members (excludes halogenated alkanes) is 1. The summed E-state index contributed by atoms with van der Waals surface area (Å²) in [5.74, 6) is 0.815. The van der Waals surface area contributed by atoms with E-state index in [4.69, 9.17) is 10.3 Å². The van der Waals surface area contributed by atoms with Crippen molar-refractivity contribution in [2.75, 3.05) is 6.61 Å².